The zero-order valence-electron chi connectivity index (χ0n) is 16.9. The Morgan fingerprint density at radius 3 is 2.21 bits per heavy atom. The Labute approximate surface area is 189 Å². The van der Waals surface area contributed by atoms with E-state index in [1.54, 1.807) is 0 Å². The average Bonchev–Trinajstić information content (AvgIpc) is 3.24. The maximum Gasteiger partial charge on any atom is 0.321 e. The molecule has 1 aromatic heterocycles. The van der Waals surface area contributed by atoms with E-state index in [1.165, 1.54) is 5.82 Å². The van der Waals surface area contributed by atoms with E-state index in [9.17, 15) is 4.79 Å². The first kappa shape index (κ1) is 21.6. The van der Waals surface area contributed by atoms with E-state index < -0.39 is 5.41 Å². The Balaban J connectivity index is 0.00000240. The summed E-state index contributed by atoms with van der Waals surface area (Å²) in [6.45, 7) is 2.87. The molecule has 0 spiro atoms. The van der Waals surface area contributed by atoms with E-state index in [2.05, 4.69) is 35.5 Å². The first-order chi connectivity index (χ1) is 13.6. The third-order valence-corrected chi connectivity index (χ3v) is 5.77. The van der Waals surface area contributed by atoms with E-state index in [4.69, 9.17) is 4.74 Å². The number of imidazole rings is 1. The van der Waals surface area contributed by atoms with Crippen LogP contribution in [0.25, 0.3) is 0 Å². The SMILES string of the molecule is CCCc1n(CC2CC(c3ccccc3)(c3ccccc3)C(=O)O2)cc[n+]1C.[I-]. The van der Waals surface area contributed by atoms with Gasteiger partial charge in [-0.25, -0.2) is 9.13 Å². The molecule has 1 unspecified atom stereocenters. The highest BCUT2D eigenvalue weighted by molar-refractivity contribution is 5.89. The molecule has 1 aliphatic rings. The fourth-order valence-electron chi connectivity index (χ4n) is 4.39. The van der Waals surface area contributed by atoms with Crippen LogP contribution in [0.15, 0.2) is 73.1 Å². The molecule has 3 aromatic rings. The van der Waals surface area contributed by atoms with Crippen LogP contribution in [-0.4, -0.2) is 16.6 Å². The van der Waals surface area contributed by atoms with Gasteiger partial charge in [0.2, 0.25) is 0 Å². The normalized spacial score (nSPS) is 17.6. The quantitative estimate of drug-likeness (QED) is 0.281. The molecular weight excluding hydrogens is 475 g/mol. The van der Waals surface area contributed by atoms with Crippen LogP contribution in [0.4, 0.5) is 0 Å². The lowest BCUT2D eigenvalue weighted by Gasteiger charge is -2.26. The van der Waals surface area contributed by atoms with Crippen molar-refractivity contribution in [3.8, 4) is 0 Å². The summed E-state index contributed by atoms with van der Waals surface area (Å²) in [6, 6.07) is 20.1. The molecule has 0 amide bonds. The minimum atomic E-state index is -0.743. The van der Waals surface area contributed by atoms with Gasteiger partial charge in [-0.2, -0.15) is 0 Å². The molecule has 0 radical (unpaired) electrons. The monoisotopic (exact) mass is 502 g/mol. The summed E-state index contributed by atoms with van der Waals surface area (Å²) in [4.78, 5) is 13.3. The maximum absolute atomic E-state index is 13.3. The standard InChI is InChI=1S/C24H27N2O2.HI/c1-3-10-22-25(2)15-16-26(22)18-21-17-24(23(27)28-21,19-11-6-4-7-12-19)20-13-8-5-9-14-20;/h4-9,11-16,21H,3,10,17-18H2,1-2H3;1H/q+1;/p-1. The van der Waals surface area contributed by atoms with Gasteiger partial charge in [-0.05, 0) is 17.5 Å². The molecule has 2 aromatic carbocycles. The summed E-state index contributed by atoms with van der Waals surface area (Å²) in [7, 11) is 2.07. The largest absolute Gasteiger partial charge is 1.00 e. The second kappa shape index (κ2) is 9.11. The number of aromatic nitrogens is 2. The van der Waals surface area contributed by atoms with E-state index >= 15 is 0 Å². The maximum atomic E-state index is 13.3. The van der Waals surface area contributed by atoms with Gasteiger partial charge in [-0.3, -0.25) is 4.79 Å². The van der Waals surface area contributed by atoms with Crippen LogP contribution >= 0.6 is 0 Å². The van der Waals surface area contributed by atoms with E-state index in [0.29, 0.717) is 13.0 Å². The molecule has 1 saturated heterocycles. The molecule has 5 heteroatoms. The minimum Gasteiger partial charge on any atom is -1.00 e. The van der Waals surface area contributed by atoms with Gasteiger partial charge in [0.05, 0.1) is 7.05 Å². The Morgan fingerprint density at radius 2 is 1.66 bits per heavy atom. The van der Waals surface area contributed by atoms with Crippen molar-refractivity contribution in [1.82, 2.24) is 4.57 Å². The number of cyclic esters (lactones) is 1. The highest BCUT2D eigenvalue weighted by atomic mass is 127. The summed E-state index contributed by atoms with van der Waals surface area (Å²) >= 11 is 0. The predicted octanol–water partition coefficient (Wildman–Crippen LogP) is 0.571. The molecule has 1 fully saturated rings. The van der Waals surface area contributed by atoms with Gasteiger partial charge in [0.1, 0.15) is 30.5 Å². The second-order valence-electron chi connectivity index (χ2n) is 7.60. The first-order valence-corrected chi connectivity index (χ1v) is 10.0. The predicted molar refractivity (Wildman–Crippen MR) is 108 cm³/mol. The Bertz CT molecular complexity index is 914. The summed E-state index contributed by atoms with van der Waals surface area (Å²) in [5, 5.41) is 0. The van der Waals surface area contributed by atoms with Gasteiger partial charge in [0.25, 0.3) is 5.82 Å². The highest BCUT2D eigenvalue weighted by Gasteiger charge is 2.52. The smallest absolute Gasteiger partial charge is 0.321 e. The van der Waals surface area contributed by atoms with Crippen LogP contribution in [0, 0.1) is 0 Å². The molecule has 0 saturated carbocycles. The molecule has 4 nitrogen and oxygen atoms in total. The molecule has 1 aliphatic heterocycles. The van der Waals surface area contributed by atoms with Crippen LogP contribution < -0.4 is 28.5 Å². The molecule has 152 valence electrons. The molecule has 1 atom stereocenters. The van der Waals surface area contributed by atoms with Crippen molar-refractivity contribution < 1.29 is 38.1 Å². The van der Waals surface area contributed by atoms with Crippen LogP contribution in [0.3, 0.4) is 0 Å². The molecule has 0 N–H and O–H groups in total. The van der Waals surface area contributed by atoms with Crippen molar-refractivity contribution in [2.75, 3.05) is 0 Å². The number of benzene rings is 2. The zero-order valence-corrected chi connectivity index (χ0v) is 19.1. The van der Waals surface area contributed by atoms with E-state index in [0.717, 1.165) is 24.0 Å². The van der Waals surface area contributed by atoms with Crippen molar-refractivity contribution in [2.45, 2.75) is 44.2 Å². The third kappa shape index (κ3) is 3.97. The topological polar surface area (TPSA) is 35.1 Å². The van der Waals surface area contributed by atoms with Gasteiger partial charge in [0, 0.05) is 12.8 Å². The number of carbonyl (C=O) groups is 1. The van der Waals surface area contributed by atoms with Gasteiger partial charge >= 0.3 is 5.97 Å². The van der Waals surface area contributed by atoms with Crippen LogP contribution in [0.1, 0.15) is 36.7 Å². The Hall–Kier alpha value is -2.15. The Kier molecular flexibility index (Phi) is 6.77. The summed E-state index contributed by atoms with van der Waals surface area (Å²) in [5.74, 6) is 1.11. The molecule has 0 bridgehead atoms. The number of nitrogens with zero attached hydrogens (tertiary/aromatic N) is 2. The number of hydrogen-bond acceptors (Lipinski definition) is 2. The van der Waals surface area contributed by atoms with Crippen LogP contribution in [0.2, 0.25) is 0 Å². The van der Waals surface area contributed by atoms with Crippen molar-refractivity contribution in [1.29, 1.82) is 0 Å². The van der Waals surface area contributed by atoms with Crippen LogP contribution in [0.5, 0.6) is 0 Å². The first-order valence-electron chi connectivity index (χ1n) is 10.0. The summed E-state index contributed by atoms with van der Waals surface area (Å²) in [5.41, 5.74) is 1.26. The lowest BCUT2D eigenvalue weighted by molar-refractivity contribution is -0.678. The van der Waals surface area contributed by atoms with Gasteiger partial charge < -0.3 is 28.7 Å². The lowest BCUT2D eigenvalue weighted by Crippen LogP contribution is -3.00. The second-order valence-corrected chi connectivity index (χ2v) is 7.60. The molecule has 4 rings (SSSR count). The number of ether oxygens (including phenoxy) is 1. The van der Waals surface area contributed by atoms with Gasteiger partial charge in [-0.1, -0.05) is 67.6 Å². The molecular formula is C24H27IN2O2. The number of aryl methyl sites for hydroxylation is 1. The minimum absolute atomic E-state index is 0. The molecule has 2 heterocycles. The fourth-order valence-corrected chi connectivity index (χ4v) is 4.39. The van der Waals surface area contributed by atoms with Crippen molar-refractivity contribution >= 4 is 5.97 Å². The number of halogens is 1. The summed E-state index contributed by atoms with van der Waals surface area (Å²) in [6.07, 6.45) is 6.74. The summed E-state index contributed by atoms with van der Waals surface area (Å²) < 4.78 is 10.3. The van der Waals surface area contributed by atoms with E-state index in [1.807, 2.05) is 60.7 Å². The molecule has 0 aliphatic carbocycles. The van der Waals surface area contributed by atoms with Gasteiger partial charge in [0.15, 0.2) is 0 Å². The van der Waals surface area contributed by atoms with Crippen molar-refractivity contribution in [3.05, 3.63) is 90.0 Å². The fraction of sp³-hybridized carbons (Fsp3) is 0.333. The van der Waals surface area contributed by atoms with Gasteiger partial charge in [-0.15, -0.1) is 0 Å². The van der Waals surface area contributed by atoms with Crippen LogP contribution in [-0.2, 0) is 35.0 Å². The number of hydrogen-bond donors (Lipinski definition) is 0. The highest BCUT2D eigenvalue weighted by Crippen LogP contribution is 2.43. The number of esters is 1. The van der Waals surface area contributed by atoms with Crippen molar-refractivity contribution in [2.24, 2.45) is 7.05 Å². The average molecular weight is 502 g/mol. The van der Waals surface area contributed by atoms with E-state index in [-0.39, 0.29) is 36.0 Å². The number of rotatable bonds is 6. The third-order valence-electron chi connectivity index (χ3n) is 5.77. The number of carbonyl (C=O) groups excluding carboxylic acids is 1. The molecule has 29 heavy (non-hydrogen) atoms. The van der Waals surface area contributed by atoms with Crippen molar-refractivity contribution in [3.63, 3.8) is 0 Å². The lowest BCUT2D eigenvalue weighted by atomic mass is 9.72. The zero-order chi connectivity index (χ0) is 19.6. The Morgan fingerprint density at radius 1 is 1.07 bits per heavy atom.